The second-order valence-corrected chi connectivity index (χ2v) is 4.55. The van der Waals surface area contributed by atoms with Gasteiger partial charge in [0.1, 0.15) is 0 Å². The van der Waals surface area contributed by atoms with Gasteiger partial charge in [-0.3, -0.25) is 0 Å². The zero-order valence-corrected chi connectivity index (χ0v) is 12.6. The van der Waals surface area contributed by atoms with Crippen LogP contribution in [0.25, 0.3) is 0 Å². The van der Waals surface area contributed by atoms with Crippen molar-refractivity contribution in [1.29, 1.82) is 0 Å². The molecule has 2 atom stereocenters. The van der Waals surface area contributed by atoms with Crippen LogP contribution in [0.15, 0.2) is 0 Å². The predicted molar refractivity (Wildman–Crippen MR) is 72.4 cm³/mol. The van der Waals surface area contributed by atoms with Gasteiger partial charge in [-0.1, -0.05) is 0 Å². The minimum atomic E-state index is -0.634. The molecule has 0 rings (SSSR count). The molecule has 6 heteroatoms. The second-order valence-electron chi connectivity index (χ2n) is 4.55. The van der Waals surface area contributed by atoms with Crippen molar-refractivity contribution >= 4 is 0 Å². The number of aliphatic hydroxyl groups is 2. The van der Waals surface area contributed by atoms with Crippen molar-refractivity contribution in [3.8, 4) is 0 Å². The molecular formula is C12H30N2O4. The standard InChI is InChI=1S/2C6H15NO2/c2*1-6(8)9-5-4-7(2)3/h2*6,8H,4-5H2,1-3H3. The van der Waals surface area contributed by atoms with Gasteiger partial charge in [0, 0.05) is 13.1 Å². The molecular weight excluding hydrogens is 236 g/mol. The summed E-state index contributed by atoms with van der Waals surface area (Å²) < 4.78 is 9.73. The highest BCUT2D eigenvalue weighted by atomic mass is 16.6. The first-order valence-corrected chi connectivity index (χ1v) is 6.14. The number of ether oxygens (including phenoxy) is 2. The maximum atomic E-state index is 8.62. The van der Waals surface area contributed by atoms with Crippen LogP contribution >= 0.6 is 0 Å². The molecule has 112 valence electrons. The Balaban J connectivity index is 0. The Kier molecular flexibility index (Phi) is 14.7. The van der Waals surface area contributed by atoms with Crippen molar-refractivity contribution in [3.05, 3.63) is 0 Å². The van der Waals surface area contributed by atoms with Gasteiger partial charge in [0.05, 0.1) is 13.2 Å². The van der Waals surface area contributed by atoms with E-state index in [0.29, 0.717) is 13.2 Å². The van der Waals surface area contributed by atoms with E-state index in [2.05, 4.69) is 0 Å². The summed E-state index contributed by atoms with van der Waals surface area (Å²) in [5, 5.41) is 17.2. The van der Waals surface area contributed by atoms with Gasteiger partial charge >= 0.3 is 0 Å². The zero-order valence-electron chi connectivity index (χ0n) is 12.6. The molecule has 0 heterocycles. The smallest absolute Gasteiger partial charge is 0.151 e. The molecule has 0 bridgehead atoms. The Morgan fingerprint density at radius 2 is 1.06 bits per heavy atom. The minimum Gasteiger partial charge on any atom is -0.368 e. The average Bonchev–Trinajstić information content (AvgIpc) is 2.15. The lowest BCUT2D eigenvalue weighted by molar-refractivity contribution is -0.0879. The molecule has 0 fully saturated rings. The van der Waals surface area contributed by atoms with E-state index in [1.165, 1.54) is 0 Å². The van der Waals surface area contributed by atoms with Gasteiger partial charge in [-0.15, -0.1) is 0 Å². The predicted octanol–water partition coefficient (Wildman–Crippen LogP) is -0.194. The highest BCUT2D eigenvalue weighted by Crippen LogP contribution is 1.84. The summed E-state index contributed by atoms with van der Waals surface area (Å²) in [7, 11) is 7.85. The molecule has 0 aromatic carbocycles. The Morgan fingerprint density at radius 1 is 0.778 bits per heavy atom. The van der Waals surface area contributed by atoms with E-state index in [4.69, 9.17) is 19.7 Å². The van der Waals surface area contributed by atoms with E-state index < -0.39 is 12.6 Å². The van der Waals surface area contributed by atoms with Gasteiger partial charge in [0.15, 0.2) is 12.6 Å². The minimum absolute atomic E-state index is 0.588. The molecule has 0 aliphatic heterocycles. The van der Waals surface area contributed by atoms with Crippen LogP contribution in [-0.2, 0) is 9.47 Å². The molecule has 0 aliphatic rings. The molecule has 0 saturated heterocycles. The summed E-state index contributed by atoms with van der Waals surface area (Å²) in [6.07, 6.45) is -1.27. The molecule has 0 amide bonds. The molecule has 6 nitrogen and oxygen atoms in total. The highest BCUT2D eigenvalue weighted by Gasteiger charge is 1.94. The third-order valence-corrected chi connectivity index (χ3v) is 1.80. The van der Waals surface area contributed by atoms with Crippen molar-refractivity contribution in [2.45, 2.75) is 26.4 Å². The summed E-state index contributed by atoms with van der Waals surface area (Å²) >= 11 is 0. The lowest BCUT2D eigenvalue weighted by atomic mass is 10.6. The van der Waals surface area contributed by atoms with E-state index in [0.717, 1.165) is 13.1 Å². The molecule has 0 radical (unpaired) electrons. The van der Waals surface area contributed by atoms with Crippen molar-refractivity contribution in [1.82, 2.24) is 9.80 Å². The van der Waals surface area contributed by atoms with Crippen LogP contribution in [0.3, 0.4) is 0 Å². The summed E-state index contributed by atoms with van der Waals surface area (Å²) in [5.74, 6) is 0. The van der Waals surface area contributed by atoms with Gasteiger partial charge in [-0.05, 0) is 42.0 Å². The van der Waals surface area contributed by atoms with Gasteiger partial charge in [-0.25, -0.2) is 0 Å². The van der Waals surface area contributed by atoms with Crippen molar-refractivity contribution in [2.75, 3.05) is 54.5 Å². The number of hydrogen-bond acceptors (Lipinski definition) is 6. The average molecular weight is 266 g/mol. The van der Waals surface area contributed by atoms with E-state index in [1.807, 2.05) is 38.0 Å². The van der Waals surface area contributed by atoms with E-state index in [9.17, 15) is 0 Å². The normalized spacial score (nSPS) is 14.3. The van der Waals surface area contributed by atoms with Crippen molar-refractivity contribution in [2.24, 2.45) is 0 Å². The van der Waals surface area contributed by atoms with Gasteiger partial charge in [0.25, 0.3) is 0 Å². The summed E-state index contributed by atoms with van der Waals surface area (Å²) in [6, 6.07) is 0. The molecule has 2 unspecified atom stereocenters. The van der Waals surface area contributed by atoms with Crippen molar-refractivity contribution in [3.63, 3.8) is 0 Å². The fourth-order valence-corrected chi connectivity index (χ4v) is 0.812. The third-order valence-electron chi connectivity index (χ3n) is 1.80. The molecule has 0 aliphatic carbocycles. The second kappa shape index (κ2) is 13.2. The van der Waals surface area contributed by atoms with Crippen LogP contribution in [0.4, 0.5) is 0 Å². The summed E-state index contributed by atoms with van der Waals surface area (Å²) in [6.45, 7) is 6.09. The number of nitrogens with zero attached hydrogens (tertiary/aromatic N) is 2. The van der Waals surface area contributed by atoms with Crippen LogP contribution in [0.5, 0.6) is 0 Å². The quantitative estimate of drug-likeness (QED) is 0.594. The summed E-state index contributed by atoms with van der Waals surface area (Å²) in [5.41, 5.74) is 0. The first-order valence-electron chi connectivity index (χ1n) is 6.14. The van der Waals surface area contributed by atoms with E-state index in [-0.39, 0.29) is 0 Å². The van der Waals surface area contributed by atoms with Gasteiger partial charge < -0.3 is 29.5 Å². The van der Waals surface area contributed by atoms with Crippen LogP contribution in [-0.4, -0.2) is 87.1 Å². The van der Waals surface area contributed by atoms with Gasteiger partial charge in [-0.2, -0.15) is 0 Å². The maximum absolute atomic E-state index is 8.62. The van der Waals surface area contributed by atoms with Crippen LogP contribution in [0, 0.1) is 0 Å². The monoisotopic (exact) mass is 266 g/mol. The first-order chi connectivity index (χ1) is 8.25. The number of rotatable bonds is 8. The number of likely N-dealkylation sites (N-methyl/N-ethyl adjacent to an activating group) is 2. The van der Waals surface area contributed by atoms with Crippen LogP contribution in [0.1, 0.15) is 13.8 Å². The Hall–Kier alpha value is -0.240. The lowest BCUT2D eigenvalue weighted by Crippen LogP contribution is -2.20. The zero-order chi connectivity index (χ0) is 14.6. The van der Waals surface area contributed by atoms with Crippen LogP contribution in [0.2, 0.25) is 0 Å². The molecule has 0 aromatic heterocycles. The molecule has 18 heavy (non-hydrogen) atoms. The Morgan fingerprint density at radius 3 is 1.22 bits per heavy atom. The SMILES string of the molecule is CC(O)OCCN(C)C.CC(O)OCCN(C)C. The van der Waals surface area contributed by atoms with Gasteiger partial charge in [0.2, 0.25) is 0 Å². The fraction of sp³-hybridized carbons (Fsp3) is 1.00. The Bertz CT molecular complexity index is 130. The van der Waals surface area contributed by atoms with Crippen molar-refractivity contribution < 1.29 is 19.7 Å². The molecule has 0 aromatic rings. The van der Waals surface area contributed by atoms with E-state index >= 15 is 0 Å². The fourth-order valence-electron chi connectivity index (χ4n) is 0.812. The largest absolute Gasteiger partial charge is 0.368 e. The lowest BCUT2D eigenvalue weighted by Gasteiger charge is -2.10. The number of hydrogen-bond donors (Lipinski definition) is 2. The van der Waals surface area contributed by atoms with Crippen LogP contribution < -0.4 is 0 Å². The summed E-state index contributed by atoms with van der Waals surface area (Å²) in [4.78, 5) is 4.00. The van der Waals surface area contributed by atoms with E-state index in [1.54, 1.807) is 13.8 Å². The molecule has 2 N–H and O–H groups in total. The topological polar surface area (TPSA) is 65.4 Å². The Labute approximate surface area is 111 Å². The highest BCUT2D eigenvalue weighted by molar-refractivity contribution is 4.39. The number of aliphatic hydroxyl groups excluding tert-OH is 2. The first kappa shape index (κ1) is 20.1. The maximum Gasteiger partial charge on any atom is 0.151 e. The third kappa shape index (κ3) is 24.8. The molecule has 0 spiro atoms. The molecule has 0 saturated carbocycles.